The summed E-state index contributed by atoms with van der Waals surface area (Å²) in [7, 11) is 1.62. The number of hydrogen-bond acceptors (Lipinski definition) is 4. The van der Waals surface area contributed by atoms with Gasteiger partial charge in [-0.25, -0.2) is 4.79 Å². The zero-order valence-electron chi connectivity index (χ0n) is 13.6. The fourth-order valence-electron chi connectivity index (χ4n) is 2.84. The summed E-state index contributed by atoms with van der Waals surface area (Å²) in [6.07, 6.45) is 1.70. The molecule has 0 bridgehead atoms. The Morgan fingerprint density at radius 1 is 0.880 bits per heavy atom. The van der Waals surface area contributed by atoms with Crippen molar-refractivity contribution in [3.05, 3.63) is 78.5 Å². The topological polar surface area (TPSA) is 48.4 Å². The van der Waals surface area contributed by atoms with Crippen molar-refractivity contribution in [2.45, 2.75) is 0 Å². The Kier molecular flexibility index (Phi) is 3.78. The number of esters is 1. The molecule has 1 heterocycles. The lowest BCUT2D eigenvalue weighted by atomic mass is 10.1. The van der Waals surface area contributed by atoms with Crippen molar-refractivity contribution < 1.29 is 14.3 Å². The first-order valence-corrected chi connectivity index (χ1v) is 7.88. The Bertz CT molecular complexity index is 1080. The largest absolute Gasteiger partial charge is 0.497 e. The number of hydrogen-bond donors (Lipinski definition) is 0. The summed E-state index contributed by atoms with van der Waals surface area (Å²) in [5.74, 6) is 0.851. The van der Waals surface area contributed by atoms with Gasteiger partial charge in [0.2, 0.25) is 0 Å². The lowest BCUT2D eigenvalue weighted by Crippen LogP contribution is -2.09. The van der Waals surface area contributed by atoms with E-state index in [-0.39, 0.29) is 0 Å². The molecule has 0 aliphatic rings. The van der Waals surface area contributed by atoms with E-state index in [1.165, 1.54) is 0 Å². The number of rotatable bonds is 3. The molecule has 0 aliphatic heterocycles. The molecule has 0 amide bonds. The molecule has 0 atom stereocenters. The van der Waals surface area contributed by atoms with Crippen LogP contribution in [0.5, 0.6) is 11.5 Å². The lowest BCUT2D eigenvalue weighted by molar-refractivity contribution is 0.0737. The van der Waals surface area contributed by atoms with Gasteiger partial charge in [0.05, 0.1) is 18.2 Å². The molecule has 122 valence electrons. The molecule has 0 saturated carbocycles. The first-order valence-electron chi connectivity index (χ1n) is 7.88. The summed E-state index contributed by atoms with van der Waals surface area (Å²) in [4.78, 5) is 16.9. The van der Waals surface area contributed by atoms with Crippen LogP contribution in [0.4, 0.5) is 0 Å². The SMILES string of the molecule is COc1ccc2ccc(OC(=O)c3cccc4ncccc34)cc2c1. The number of fused-ring (bicyclic) bond motifs is 2. The van der Waals surface area contributed by atoms with Gasteiger partial charge in [0.25, 0.3) is 0 Å². The van der Waals surface area contributed by atoms with Crippen molar-refractivity contribution in [1.82, 2.24) is 4.98 Å². The van der Waals surface area contributed by atoms with E-state index in [1.807, 2.05) is 42.5 Å². The van der Waals surface area contributed by atoms with Crippen LogP contribution in [0, 0.1) is 0 Å². The highest BCUT2D eigenvalue weighted by Crippen LogP contribution is 2.26. The number of carbonyl (C=O) groups excluding carboxylic acids is 1. The average molecular weight is 329 g/mol. The lowest BCUT2D eigenvalue weighted by Gasteiger charge is -2.08. The van der Waals surface area contributed by atoms with Crippen molar-refractivity contribution in [2.75, 3.05) is 7.11 Å². The molecule has 4 rings (SSSR count). The van der Waals surface area contributed by atoms with Crippen LogP contribution in [0.1, 0.15) is 10.4 Å². The van der Waals surface area contributed by atoms with Crippen molar-refractivity contribution in [2.24, 2.45) is 0 Å². The fourth-order valence-corrected chi connectivity index (χ4v) is 2.84. The van der Waals surface area contributed by atoms with Gasteiger partial charge in [-0.05, 0) is 53.2 Å². The molecular formula is C21H15NO3. The number of benzene rings is 3. The second-order valence-corrected chi connectivity index (χ2v) is 5.64. The summed E-state index contributed by atoms with van der Waals surface area (Å²) < 4.78 is 10.8. The zero-order chi connectivity index (χ0) is 17.2. The molecule has 4 aromatic rings. The van der Waals surface area contributed by atoms with Crippen molar-refractivity contribution >= 4 is 27.6 Å². The monoisotopic (exact) mass is 329 g/mol. The highest BCUT2D eigenvalue weighted by molar-refractivity contribution is 6.04. The second-order valence-electron chi connectivity index (χ2n) is 5.64. The molecule has 0 unspecified atom stereocenters. The van der Waals surface area contributed by atoms with Crippen LogP contribution in [-0.4, -0.2) is 18.1 Å². The Morgan fingerprint density at radius 2 is 1.68 bits per heavy atom. The summed E-state index contributed by atoms with van der Waals surface area (Å²) in [6.45, 7) is 0. The van der Waals surface area contributed by atoms with Crippen LogP contribution in [0.2, 0.25) is 0 Å². The molecule has 0 fully saturated rings. The van der Waals surface area contributed by atoms with Gasteiger partial charge >= 0.3 is 5.97 Å². The van der Waals surface area contributed by atoms with E-state index in [0.29, 0.717) is 11.3 Å². The number of nitrogens with zero attached hydrogens (tertiary/aromatic N) is 1. The predicted molar refractivity (Wildman–Crippen MR) is 97.2 cm³/mol. The van der Waals surface area contributed by atoms with E-state index in [1.54, 1.807) is 37.6 Å². The van der Waals surface area contributed by atoms with Crippen molar-refractivity contribution in [3.63, 3.8) is 0 Å². The van der Waals surface area contributed by atoms with Gasteiger partial charge in [-0.3, -0.25) is 4.98 Å². The molecule has 4 heteroatoms. The molecule has 0 saturated heterocycles. The van der Waals surface area contributed by atoms with Crippen LogP contribution >= 0.6 is 0 Å². The Balaban J connectivity index is 1.69. The number of methoxy groups -OCH3 is 1. The average Bonchev–Trinajstić information content (AvgIpc) is 2.66. The minimum atomic E-state index is -0.402. The number of pyridine rings is 1. The van der Waals surface area contributed by atoms with Gasteiger partial charge in [0.15, 0.2) is 0 Å². The Labute approximate surface area is 144 Å². The Morgan fingerprint density at radius 3 is 2.52 bits per heavy atom. The summed E-state index contributed by atoms with van der Waals surface area (Å²) in [5.41, 5.74) is 1.26. The number of carbonyl (C=O) groups is 1. The van der Waals surface area contributed by atoms with Gasteiger partial charge < -0.3 is 9.47 Å². The molecule has 0 aliphatic carbocycles. The summed E-state index contributed by atoms with van der Waals surface area (Å²) >= 11 is 0. The quantitative estimate of drug-likeness (QED) is 0.406. The smallest absolute Gasteiger partial charge is 0.344 e. The maximum absolute atomic E-state index is 12.6. The van der Waals surface area contributed by atoms with Crippen molar-refractivity contribution in [1.29, 1.82) is 0 Å². The van der Waals surface area contributed by atoms with Crippen molar-refractivity contribution in [3.8, 4) is 11.5 Å². The second kappa shape index (κ2) is 6.24. The van der Waals surface area contributed by atoms with Crippen LogP contribution < -0.4 is 9.47 Å². The van der Waals surface area contributed by atoms with Crippen LogP contribution in [-0.2, 0) is 0 Å². The normalized spacial score (nSPS) is 10.8. The van der Waals surface area contributed by atoms with E-state index in [4.69, 9.17) is 9.47 Å². The molecular weight excluding hydrogens is 314 g/mol. The van der Waals surface area contributed by atoms with E-state index in [0.717, 1.165) is 27.4 Å². The van der Waals surface area contributed by atoms with Crippen LogP contribution in [0.3, 0.4) is 0 Å². The van der Waals surface area contributed by atoms with E-state index >= 15 is 0 Å². The first-order chi connectivity index (χ1) is 12.2. The summed E-state index contributed by atoms with van der Waals surface area (Å²) in [5, 5.41) is 2.77. The fraction of sp³-hybridized carbons (Fsp3) is 0.0476. The maximum atomic E-state index is 12.6. The van der Waals surface area contributed by atoms with Gasteiger partial charge in [-0.2, -0.15) is 0 Å². The van der Waals surface area contributed by atoms with Gasteiger partial charge in [-0.1, -0.05) is 24.3 Å². The molecule has 0 radical (unpaired) electrons. The molecule has 25 heavy (non-hydrogen) atoms. The third kappa shape index (κ3) is 2.90. The standard InChI is InChI=1S/C21H15NO3/c1-24-16-9-7-14-8-10-17(13-15(14)12-16)25-21(23)19-4-2-6-20-18(19)5-3-11-22-20/h2-13H,1H3. The minimum Gasteiger partial charge on any atom is -0.497 e. The number of ether oxygens (including phenoxy) is 2. The molecule has 0 spiro atoms. The van der Waals surface area contributed by atoms with E-state index in [2.05, 4.69) is 4.98 Å². The molecule has 4 nitrogen and oxygen atoms in total. The maximum Gasteiger partial charge on any atom is 0.344 e. The Hall–Kier alpha value is -3.40. The third-order valence-corrected chi connectivity index (χ3v) is 4.10. The van der Waals surface area contributed by atoms with Crippen LogP contribution in [0.25, 0.3) is 21.7 Å². The van der Waals surface area contributed by atoms with Gasteiger partial charge in [0, 0.05) is 11.6 Å². The minimum absolute atomic E-state index is 0.402. The van der Waals surface area contributed by atoms with Gasteiger partial charge in [0.1, 0.15) is 11.5 Å². The highest BCUT2D eigenvalue weighted by atomic mass is 16.5. The number of aromatic nitrogens is 1. The van der Waals surface area contributed by atoms with E-state index in [9.17, 15) is 4.79 Å². The van der Waals surface area contributed by atoms with Crippen LogP contribution in [0.15, 0.2) is 72.9 Å². The third-order valence-electron chi connectivity index (χ3n) is 4.10. The van der Waals surface area contributed by atoms with Gasteiger partial charge in [-0.15, -0.1) is 0 Å². The highest BCUT2D eigenvalue weighted by Gasteiger charge is 2.13. The molecule has 3 aromatic carbocycles. The first kappa shape index (κ1) is 15.1. The molecule has 1 aromatic heterocycles. The van der Waals surface area contributed by atoms with E-state index < -0.39 is 5.97 Å². The zero-order valence-corrected chi connectivity index (χ0v) is 13.6. The molecule has 0 N–H and O–H groups in total. The summed E-state index contributed by atoms with van der Waals surface area (Å²) in [6, 6.07) is 20.4. The predicted octanol–water partition coefficient (Wildman–Crippen LogP) is 4.62.